The normalized spacial score (nSPS) is 11.4. The van der Waals surface area contributed by atoms with E-state index in [0.29, 0.717) is 5.57 Å². The molecule has 4 heteroatoms. The van der Waals surface area contributed by atoms with Gasteiger partial charge in [-0.2, -0.15) is 0 Å². The number of rotatable bonds is 6. The van der Waals surface area contributed by atoms with Gasteiger partial charge in [0, 0.05) is 24.0 Å². The molecule has 0 aliphatic rings. The van der Waals surface area contributed by atoms with Gasteiger partial charge in [0.05, 0.1) is 0 Å². The molecule has 4 nitrogen and oxygen atoms in total. The smallest absolute Gasteiger partial charge is 0.250 e. The van der Waals surface area contributed by atoms with Crippen LogP contribution in [0, 0.1) is 0 Å². The first-order chi connectivity index (χ1) is 12.0. The van der Waals surface area contributed by atoms with Crippen molar-refractivity contribution in [3.63, 3.8) is 0 Å². The minimum Gasteiger partial charge on any atom is -0.508 e. The first kappa shape index (κ1) is 18.1. The summed E-state index contributed by atoms with van der Waals surface area (Å²) in [4.78, 5) is 11.4. The average Bonchev–Trinajstić information content (AvgIpc) is 2.64. The summed E-state index contributed by atoms with van der Waals surface area (Å²) in [6.45, 7) is 5.63. The second-order valence-electron chi connectivity index (χ2n) is 5.43. The summed E-state index contributed by atoms with van der Waals surface area (Å²) in [7, 11) is 1.57. The van der Waals surface area contributed by atoms with Crippen molar-refractivity contribution in [3.8, 4) is 16.9 Å². The van der Waals surface area contributed by atoms with Crippen molar-refractivity contribution < 1.29 is 9.90 Å². The third-order valence-corrected chi connectivity index (χ3v) is 3.65. The van der Waals surface area contributed by atoms with Gasteiger partial charge in [-0.1, -0.05) is 36.9 Å². The summed E-state index contributed by atoms with van der Waals surface area (Å²) < 4.78 is 0. The van der Waals surface area contributed by atoms with Gasteiger partial charge in [-0.15, -0.1) is 0 Å². The summed E-state index contributed by atoms with van der Waals surface area (Å²) in [6.07, 6.45) is 5.39. The van der Waals surface area contributed by atoms with Crippen molar-refractivity contribution in [2.45, 2.75) is 6.92 Å². The van der Waals surface area contributed by atoms with Crippen LogP contribution in [0.15, 0.2) is 84.6 Å². The molecule has 0 bridgehead atoms. The second-order valence-corrected chi connectivity index (χ2v) is 5.43. The van der Waals surface area contributed by atoms with E-state index < -0.39 is 0 Å². The van der Waals surface area contributed by atoms with E-state index in [1.165, 1.54) is 0 Å². The Kier molecular flexibility index (Phi) is 6.18. The Bertz CT molecular complexity index is 818. The summed E-state index contributed by atoms with van der Waals surface area (Å²) in [5, 5.41) is 15.4. The maximum atomic E-state index is 11.4. The monoisotopic (exact) mass is 334 g/mol. The Morgan fingerprint density at radius 3 is 2.40 bits per heavy atom. The number of allylic oxidation sites excluding steroid dienone is 2. The zero-order valence-electron chi connectivity index (χ0n) is 14.4. The number of hydrogen-bond donors (Lipinski definition) is 3. The number of aromatic hydroxyl groups is 1. The van der Waals surface area contributed by atoms with E-state index in [1.807, 2.05) is 49.4 Å². The third kappa shape index (κ3) is 5.11. The van der Waals surface area contributed by atoms with Gasteiger partial charge in [-0.05, 0) is 54.5 Å². The standard InChI is InChI=1S/C21H22N2O2/c1-4-18(11-8-15(2)21(25)22-3)23-19-12-9-16(10-13-19)17-6-5-7-20(24)14-17/h4-14,23-24H,2H2,1,3H3,(H,22,25)/b11-8-,18-4+. The van der Waals surface area contributed by atoms with E-state index in [1.54, 1.807) is 31.3 Å². The summed E-state index contributed by atoms with van der Waals surface area (Å²) in [5.41, 5.74) is 4.15. The van der Waals surface area contributed by atoms with Crippen LogP contribution < -0.4 is 10.6 Å². The minimum absolute atomic E-state index is 0.206. The molecule has 2 aromatic rings. The first-order valence-electron chi connectivity index (χ1n) is 7.95. The van der Waals surface area contributed by atoms with Crippen LogP contribution in [-0.4, -0.2) is 18.1 Å². The molecule has 25 heavy (non-hydrogen) atoms. The topological polar surface area (TPSA) is 61.4 Å². The van der Waals surface area contributed by atoms with E-state index in [4.69, 9.17) is 0 Å². The zero-order chi connectivity index (χ0) is 18.2. The molecule has 0 radical (unpaired) electrons. The van der Waals surface area contributed by atoms with Gasteiger partial charge < -0.3 is 15.7 Å². The number of anilines is 1. The quantitative estimate of drug-likeness (QED) is 0.547. The molecule has 0 spiro atoms. The maximum Gasteiger partial charge on any atom is 0.250 e. The lowest BCUT2D eigenvalue weighted by Gasteiger charge is -2.09. The number of carbonyl (C=O) groups excluding carboxylic acids is 1. The number of phenolic OH excluding ortho intramolecular Hbond substituents is 1. The molecule has 2 aromatic carbocycles. The highest BCUT2D eigenvalue weighted by Gasteiger charge is 2.02. The predicted octanol–water partition coefficient (Wildman–Crippen LogP) is 4.23. The molecule has 0 saturated heterocycles. The third-order valence-electron chi connectivity index (χ3n) is 3.65. The molecule has 0 atom stereocenters. The molecular formula is C21H22N2O2. The van der Waals surface area contributed by atoms with Gasteiger partial charge >= 0.3 is 0 Å². The molecule has 128 valence electrons. The van der Waals surface area contributed by atoms with E-state index >= 15 is 0 Å². The largest absolute Gasteiger partial charge is 0.508 e. The molecule has 1 amide bonds. The molecule has 0 aliphatic heterocycles. The molecule has 0 aromatic heterocycles. The Morgan fingerprint density at radius 1 is 1.08 bits per heavy atom. The summed E-state index contributed by atoms with van der Waals surface area (Å²) >= 11 is 0. The van der Waals surface area contributed by atoms with E-state index in [9.17, 15) is 9.90 Å². The number of hydrogen-bond acceptors (Lipinski definition) is 3. The van der Waals surface area contributed by atoms with Gasteiger partial charge in [0.2, 0.25) is 5.91 Å². The van der Waals surface area contributed by atoms with Crippen molar-refractivity contribution in [1.29, 1.82) is 0 Å². The summed E-state index contributed by atoms with van der Waals surface area (Å²) in [5.74, 6) is 0.0413. The fraction of sp³-hybridized carbons (Fsp3) is 0.0952. The first-order valence-corrected chi connectivity index (χ1v) is 7.95. The lowest BCUT2D eigenvalue weighted by molar-refractivity contribution is -0.116. The van der Waals surface area contributed by atoms with Gasteiger partial charge in [0.15, 0.2) is 0 Å². The molecule has 0 unspecified atom stereocenters. The molecule has 0 fully saturated rings. The zero-order valence-corrected chi connectivity index (χ0v) is 14.4. The van der Waals surface area contributed by atoms with Crippen molar-refractivity contribution in [2.24, 2.45) is 0 Å². The van der Waals surface area contributed by atoms with E-state index in [-0.39, 0.29) is 11.7 Å². The lowest BCUT2D eigenvalue weighted by atomic mass is 10.1. The number of phenols is 1. The van der Waals surface area contributed by atoms with Crippen molar-refractivity contribution in [1.82, 2.24) is 5.32 Å². The fourth-order valence-corrected chi connectivity index (χ4v) is 2.23. The maximum absolute atomic E-state index is 11.4. The molecule has 2 rings (SSSR count). The average molecular weight is 334 g/mol. The van der Waals surface area contributed by atoms with Crippen LogP contribution >= 0.6 is 0 Å². The number of benzene rings is 2. The second kappa shape index (κ2) is 8.55. The van der Waals surface area contributed by atoms with Crippen molar-refractivity contribution in [3.05, 3.63) is 84.6 Å². The molecular weight excluding hydrogens is 312 g/mol. The van der Waals surface area contributed by atoms with Gasteiger partial charge in [0.25, 0.3) is 0 Å². The van der Waals surface area contributed by atoms with Gasteiger partial charge in [-0.25, -0.2) is 0 Å². The van der Waals surface area contributed by atoms with Gasteiger partial charge in [0.1, 0.15) is 5.75 Å². The Labute approximate surface area is 148 Å². The number of carbonyl (C=O) groups is 1. The van der Waals surface area contributed by atoms with Crippen molar-refractivity contribution in [2.75, 3.05) is 12.4 Å². The minimum atomic E-state index is -0.206. The van der Waals surface area contributed by atoms with Crippen LogP contribution in [0.5, 0.6) is 5.75 Å². The van der Waals surface area contributed by atoms with Crippen LogP contribution in [0.3, 0.4) is 0 Å². The van der Waals surface area contributed by atoms with Gasteiger partial charge in [-0.3, -0.25) is 4.79 Å². The van der Waals surface area contributed by atoms with E-state index in [0.717, 1.165) is 22.5 Å². The van der Waals surface area contributed by atoms with Crippen LogP contribution in [0.2, 0.25) is 0 Å². The van der Waals surface area contributed by atoms with E-state index in [2.05, 4.69) is 17.2 Å². The van der Waals surface area contributed by atoms with Crippen molar-refractivity contribution >= 4 is 11.6 Å². The predicted molar refractivity (Wildman–Crippen MR) is 103 cm³/mol. The Hall–Kier alpha value is -3.27. The molecule has 0 aliphatic carbocycles. The number of amides is 1. The number of nitrogens with one attached hydrogen (secondary N) is 2. The van der Waals surface area contributed by atoms with Crippen LogP contribution in [0.1, 0.15) is 6.92 Å². The molecule has 0 saturated carbocycles. The molecule has 3 N–H and O–H groups in total. The van der Waals surface area contributed by atoms with Crippen LogP contribution in [0.25, 0.3) is 11.1 Å². The van der Waals surface area contributed by atoms with Crippen LogP contribution in [0.4, 0.5) is 5.69 Å². The summed E-state index contributed by atoms with van der Waals surface area (Å²) in [6, 6.07) is 15.0. The number of likely N-dealkylation sites (N-methyl/N-ethyl adjacent to an activating group) is 1. The molecule has 0 heterocycles. The lowest BCUT2D eigenvalue weighted by Crippen LogP contribution is -2.18. The highest BCUT2D eigenvalue weighted by molar-refractivity contribution is 5.95. The fourth-order valence-electron chi connectivity index (χ4n) is 2.23. The highest BCUT2D eigenvalue weighted by atomic mass is 16.3. The highest BCUT2D eigenvalue weighted by Crippen LogP contribution is 2.25. The Balaban J connectivity index is 2.08. The SMILES string of the molecule is C=C(/C=C\C(=C/C)Nc1ccc(-c2cccc(O)c2)cc1)C(=O)NC. The van der Waals surface area contributed by atoms with Crippen LogP contribution in [-0.2, 0) is 4.79 Å². The Morgan fingerprint density at radius 2 is 1.80 bits per heavy atom.